The number of hydrogen-bond acceptors (Lipinski definition) is 2. The fraction of sp³-hybridized carbons (Fsp3) is 0.294. The van der Waals surface area contributed by atoms with Gasteiger partial charge in [-0.15, -0.1) is 0 Å². The summed E-state index contributed by atoms with van der Waals surface area (Å²) in [4.78, 5) is 0. The summed E-state index contributed by atoms with van der Waals surface area (Å²) in [5.41, 5.74) is 3.82. The van der Waals surface area contributed by atoms with Gasteiger partial charge in [-0.3, -0.25) is 0 Å². The van der Waals surface area contributed by atoms with E-state index < -0.39 is 0 Å². The average Bonchev–Trinajstić information content (AvgIpc) is 2.43. The van der Waals surface area contributed by atoms with E-state index in [9.17, 15) is 0 Å². The van der Waals surface area contributed by atoms with Gasteiger partial charge >= 0.3 is 0 Å². The van der Waals surface area contributed by atoms with Crippen molar-refractivity contribution in [3.8, 4) is 5.75 Å². The van der Waals surface area contributed by atoms with Crippen LogP contribution in [-0.4, -0.2) is 13.7 Å². The molecule has 2 rings (SSSR count). The van der Waals surface area contributed by atoms with Gasteiger partial charge in [-0.05, 0) is 44.2 Å². The number of aryl methyl sites for hydroxylation is 2. The Morgan fingerprint density at radius 2 is 1.68 bits per heavy atom. The van der Waals surface area contributed by atoms with Crippen LogP contribution in [0.15, 0.2) is 48.5 Å². The first-order valence-corrected chi connectivity index (χ1v) is 6.63. The van der Waals surface area contributed by atoms with E-state index in [0.717, 1.165) is 5.75 Å². The molecule has 2 aromatic carbocycles. The second-order valence-electron chi connectivity index (χ2n) is 4.82. The highest BCUT2D eigenvalue weighted by molar-refractivity contribution is 5.30. The molecule has 0 radical (unpaired) electrons. The van der Waals surface area contributed by atoms with Crippen LogP contribution in [-0.2, 0) is 0 Å². The highest BCUT2D eigenvalue weighted by Crippen LogP contribution is 2.19. The van der Waals surface area contributed by atoms with Crippen LogP contribution in [0.1, 0.15) is 22.7 Å². The van der Waals surface area contributed by atoms with Crippen molar-refractivity contribution in [3.05, 3.63) is 65.2 Å². The van der Waals surface area contributed by atoms with Gasteiger partial charge in [0.1, 0.15) is 12.4 Å². The number of benzene rings is 2. The third kappa shape index (κ3) is 3.58. The van der Waals surface area contributed by atoms with Crippen molar-refractivity contribution < 1.29 is 4.74 Å². The van der Waals surface area contributed by atoms with Gasteiger partial charge in [0, 0.05) is 0 Å². The van der Waals surface area contributed by atoms with Gasteiger partial charge in [-0.1, -0.05) is 42.0 Å². The van der Waals surface area contributed by atoms with Gasteiger partial charge < -0.3 is 10.1 Å². The summed E-state index contributed by atoms with van der Waals surface area (Å²) in [7, 11) is 1.97. The lowest BCUT2D eigenvalue weighted by molar-refractivity contribution is 0.272. The number of ether oxygens (including phenoxy) is 1. The van der Waals surface area contributed by atoms with Gasteiger partial charge in [0.2, 0.25) is 0 Å². The molecule has 0 aromatic heterocycles. The van der Waals surface area contributed by atoms with E-state index in [0.29, 0.717) is 6.61 Å². The molecule has 1 N–H and O–H groups in total. The topological polar surface area (TPSA) is 21.3 Å². The van der Waals surface area contributed by atoms with Crippen LogP contribution < -0.4 is 10.1 Å². The van der Waals surface area contributed by atoms with E-state index in [-0.39, 0.29) is 6.04 Å². The SMILES string of the molecule is CNC(COc1ccc(C)cc1)c1ccccc1C. The maximum atomic E-state index is 5.86. The number of likely N-dealkylation sites (N-methyl/N-ethyl adjacent to an activating group) is 1. The number of hydrogen-bond donors (Lipinski definition) is 1. The van der Waals surface area contributed by atoms with Crippen molar-refractivity contribution in [3.63, 3.8) is 0 Å². The lowest BCUT2D eigenvalue weighted by atomic mass is 10.0. The van der Waals surface area contributed by atoms with Crippen molar-refractivity contribution in [2.75, 3.05) is 13.7 Å². The smallest absolute Gasteiger partial charge is 0.119 e. The highest BCUT2D eigenvalue weighted by atomic mass is 16.5. The molecule has 0 aliphatic heterocycles. The van der Waals surface area contributed by atoms with Crippen molar-refractivity contribution in [2.24, 2.45) is 0 Å². The van der Waals surface area contributed by atoms with E-state index >= 15 is 0 Å². The fourth-order valence-corrected chi connectivity index (χ4v) is 2.12. The van der Waals surface area contributed by atoms with Crippen molar-refractivity contribution in [1.29, 1.82) is 0 Å². The summed E-state index contributed by atoms with van der Waals surface area (Å²) in [5, 5.41) is 3.32. The Kier molecular flexibility index (Phi) is 4.58. The normalized spacial score (nSPS) is 12.2. The highest BCUT2D eigenvalue weighted by Gasteiger charge is 2.11. The molecule has 1 atom stereocenters. The summed E-state index contributed by atoms with van der Waals surface area (Å²) in [6.45, 7) is 4.84. The molecule has 0 fully saturated rings. The summed E-state index contributed by atoms with van der Waals surface area (Å²) in [5.74, 6) is 0.916. The monoisotopic (exact) mass is 255 g/mol. The molecular weight excluding hydrogens is 234 g/mol. The van der Waals surface area contributed by atoms with E-state index in [1.807, 2.05) is 19.2 Å². The molecule has 0 saturated carbocycles. The second-order valence-corrected chi connectivity index (χ2v) is 4.82. The maximum absolute atomic E-state index is 5.86. The van der Waals surface area contributed by atoms with Crippen LogP contribution in [0.3, 0.4) is 0 Å². The molecule has 0 spiro atoms. The zero-order valence-corrected chi connectivity index (χ0v) is 11.8. The predicted molar refractivity (Wildman–Crippen MR) is 79.7 cm³/mol. The summed E-state index contributed by atoms with van der Waals surface area (Å²) in [6.07, 6.45) is 0. The average molecular weight is 255 g/mol. The van der Waals surface area contributed by atoms with E-state index in [4.69, 9.17) is 4.74 Å². The van der Waals surface area contributed by atoms with Crippen LogP contribution in [0.25, 0.3) is 0 Å². The Hall–Kier alpha value is -1.80. The van der Waals surface area contributed by atoms with Crippen molar-refractivity contribution in [1.82, 2.24) is 5.32 Å². The predicted octanol–water partition coefficient (Wildman–Crippen LogP) is 3.64. The van der Waals surface area contributed by atoms with Gasteiger partial charge in [-0.25, -0.2) is 0 Å². The summed E-state index contributed by atoms with van der Waals surface area (Å²) >= 11 is 0. The molecule has 0 aliphatic rings. The lowest BCUT2D eigenvalue weighted by Gasteiger charge is -2.19. The minimum atomic E-state index is 0.211. The summed E-state index contributed by atoms with van der Waals surface area (Å²) in [6, 6.07) is 16.8. The molecule has 2 aromatic rings. The van der Waals surface area contributed by atoms with Crippen LogP contribution in [0.5, 0.6) is 5.75 Å². The maximum Gasteiger partial charge on any atom is 0.119 e. The molecule has 2 nitrogen and oxygen atoms in total. The first-order valence-electron chi connectivity index (χ1n) is 6.63. The third-order valence-corrected chi connectivity index (χ3v) is 3.35. The van der Waals surface area contributed by atoms with E-state index in [1.54, 1.807) is 0 Å². The first kappa shape index (κ1) is 13.6. The molecule has 0 amide bonds. The van der Waals surface area contributed by atoms with Gasteiger partial charge in [0.15, 0.2) is 0 Å². The molecular formula is C17H21NO. The number of rotatable bonds is 5. The standard InChI is InChI=1S/C17H21NO/c1-13-8-10-15(11-9-13)19-12-17(18-3)16-7-5-4-6-14(16)2/h4-11,17-18H,12H2,1-3H3. The van der Waals surface area contributed by atoms with Crippen LogP contribution in [0.2, 0.25) is 0 Å². The Labute approximate surface area is 115 Å². The van der Waals surface area contributed by atoms with E-state index in [2.05, 4.69) is 55.6 Å². The largest absolute Gasteiger partial charge is 0.492 e. The minimum Gasteiger partial charge on any atom is -0.492 e. The Bertz CT molecular complexity index is 519. The first-order chi connectivity index (χ1) is 9.20. The zero-order chi connectivity index (χ0) is 13.7. The zero-order valence-electron chi connectivity index (χ0n) is 11.8. The van der Waals surface area contributed by atoms with Crippen LogP contribution in [0.4, 0.5) is 0 Å². The summed E-state index contributed by atoms with van der Waals surface area (Å²) < 4.78 is 5.86. The molecule has 0 bridgehead atoms. The Morgan fingerprint density at radius 1 is 1.00 bits per heavy atom. The van der Waals surface area contributed by atoms with Gasteiger partial charge in [0.05, 0.1) is 6.04 Å². The molecule has 0 aliphatic carbocycles. The van der Waals surface area contributed by atoms with Gasteiger partial charge in [-0.2, -0.15) is 0 Å². The fourth-order valence-electron chi connectivity index (χ4n) is 2.12. The van der Waals surface area contributed by atoms with Crippen LogP contribution in [0, 0.1) is 13.8 Å². The molecule has 0 saturated heterocycles. The molecule has 1 unspecified atom stereocenters. The van der Waals surface area contributed by atoms with E-state index in [1.165, 1.54) is 16.7 Å². The quantitative estimate of drug-likeness (QED) is 0.880. The van der Waals surface area contributed by atoms with Gasteiger partial charge in [0.25, 0.3) is 0 Å². The van der Waals surface area contributed by atoms with Crippen molar-refractivity contribution in [2.45, 2.75) is 19.9 Å². The molecule has 19 heavy (non-hydrogen) atoms. The molecule has 0 heterocycles. The van der Waals surface area contributed by atoms with Crippen molar-refractivity contribution >= 4 is 0 Å². The minimum absolute atomic E-state index is 0.211. The molecule has 2 heteroatoms. The number of nitrogens with one attached hydrogen (secondary N) is 1. The third-order valence-electron chi connectivity index (χ3n) is 3.35. The van der Waals surface area contributed by atoms with Crippen LogP contribution >= 0.6 is 0 Å². The lowest BCUT2D eigenvalue weighted by Crippen LogP contribution is -2.24. The Balaban J connectivity index is 2.04. The Morgan fingerprint density at radius 3 is 2.32 bits per heavy atom. The molecule has 100 valence electrons. The second kappa shape index (κ2) is 6.39.